The fraction of sp³-hybridized carbons (Fsp3) is 0.348. The normalized spacial score (nSPS) is 18.7. The van der Waals surface area contributed by atoms with Crippen molar-refractivity contribution in [1.82, 2.24) is 15.3 Å². The predicted octanol–water partition coefficient (Wildman–Crippen LogP) is 5.46. The summed E-state index contributed by atoms with van der Waals surface area (Å²) in [6.45, 7) is 0. The Bertz CT molecular complexity index is 1150. The lowest BCUT2D eigenvalue weighted by Gasteiger charge is -2.31. The van der Waals surface area contributed by atoms with Gasteiger partial charge in [-0.1, -0.05) is 11.6 Å². The molecule has 3 aromatic rings. The Morgan fingerprint density at radius 1 is 1.15 bits per heavy atom. The van der Waals surface area contributed by atoms with Crippen LogP contribution in [0.1, 0.15) is 41.7 Å². The lowest BCUT2D eigenvalue weighted by Crippen LogP contribution is -2.41. The molecule has 1 aliphatic rings. The summed E-state index contributed by atoms with van der Waals surface area (Å²) in [5.41, 5.74) is -0.0153. The predicted molar refractivity (Wildman–Crippen MR) is 120 cm³/mol. The maximum Gasteiger partial charge on any atom is 0.433 e. The van der Waals surface area contributed by atoms with Crippen molar-refractivity contribution in [3.8, 4) is 5.88 Å². The van der Waals surface area contributed by atoms with Crippen molar-refractivity contribution >= 4 is 34.1 Å². The second-order valence-corrected chi connectivity index (χ2v) is 8.42. The number of carbonyl (C=O) groups is 1. The van der Waals surface area contributed by atoms with E-state index in [-0.39, 0.29) is 23.5 Å². The minimum Gasteiger partial charge on any atom is -0.481 e. The number of nitrogens with zero attached hydrogens (tertiary/aromatic N) is 2. The zero-order chi connectivity index (χ0) is 23.6. The number of carbonyl (C=O) groups excluding carboxylic acids is 1. The summed E-state index contributed by atoms with van der Waals surface area (Å²) in [5, 5.41) is 7.17. The van der Waals surface area contributed by atoms with Gasteiger partial charge in [0.2, 0.25) is 5.88 Å². The van der Waals surface area contributed by atoms with Crippen LogP contribution in [-0.4, -0.2) is 35.1 Å². The second-order valence-electron chi connectivity index (χ2n) is 7.98. The first kappa shape index (κ1) is 23.1. The third kappa shape index (κ3) is 5.47. The number of hydrogen-bond donors (Lipinski definition) is 2. The summed E-state index contributed by atoms with van der Waals surface area (Å²) in [6.07, 6.45) is -0.190. The Hall–Kier alpha value is -3.07. The Morgan fingerprint density at radius 3 is 2.64 bits per heavy atom. The summed E-state index contributed by atoms with van der Waals surface area (Å²) in [6, 6.07) is 8.61. The third-order valence-electron chi connectivity index (χ3n) is 5.64. The van der Waals surface area contributed by atoms with Crippen molar-refractivity contribution in [2.24, 2.45) is 0 Å². The number of benzene rings is 1. The molecule has 174 valence electrons. The molecule has 33 heavy (non-hydrogen) atoms. The number of amides is 1. The van der Waals surface area contributed by atoms with Crippen molar-refractivity contribution in [3.63, 3.8) is 0 Å². The number of anilines is 1. The van der Waals surface area contributed by atoms with Gasteiger partial charge < -0.3 is 15.4 Å². The molecule has 2 N–H and O–H groups in total. The van der Waals surface area contributed by atoms with E-state index in [0.717, 1.165) is 25.3 Å². The summed E-state index contributed by atoms with van der Waals surface area (Å²) < 4.78 is 45.2. The van der Waals surface area contributed by atoms with Crippen LogP contribution in [0.3, 0.4) is 0 Å². The molecule has 0 radical (unpaired) electrons. The van der Waals surface area contributed by atoms with E-state index in [4.69, 9.17) is 16.3 Å². The van der Waals surface area contributed by atoms with Gasteiger partial charge in [-0.15, -0.1) is 0 Å². The summed E-state index contributed by atoms with van der Waals surface area (Å²) >= 11 is 6.08. The van der Waals surface area contributed by atoms with Crippen LogP contribution in [-0.2, 0) is 6.18 Å². The van der Waals surface area contributed by atoms with E-state index in [2.05, 4.69) is 20.6 Å². The van der Waals surface area contributed by atoms with Crippen LogP contribution in [0.15, 0.2) is 42.6 Å². The number of methoxy groups -OCH3 is 1. The summed E-state index contributed by atoms with van der Waals surface area (Å²) in [4.78, 5) is 20.4. The highest BCUT2D eigenvalue weighted by Gasteiger charge is 2.34. The number of rotatable bonds is 5. The molecule has 2 heterocycles. The van der Waals surface area contributed by atoms with Gasteiger partial charge in [-0.05, 0) is 56.0 Å². The van der Waals surface area contributed by atoms with Crippen LogP contribution < -0.4 is 15.4 Å². The van der Waals surface area contributed by atoms with Crippen LogP contribution in [0, 0.1) is 0 Å². The van der Waals surface area contributed by atoms with E-state index in [9.17, 15) is 18.0 Å². The van der Waals surface area contributed by atoms with Crippen LogP contribution in [0.5, 0.6) is 5.88 Å². The standard InChI is InChI=1S/C23H22ClF3N4O2/c1-33-21-8-5-13(12-28-21)22(32)30-16-4-2-3-15(10-16)29-19-11-20(23(25,26)27)31-18-7-6-14(24)9-17(18)19/h5-9,11-12,15-16H,2-4,10H2,1H3,(H,29,31)(H,30,32)/t15-,16+/m0/s1. The zero-order valence-corrected chi connectivity index (χ0v) is 18.5. The van der Waals surface area contributed by atoms with Gasteiger partial charge in [0.1, 0.15) is 5.69 Å². The monoisotopic (exact) mass is 478 g/mol. The average molecular weight is 479 g/mol. The van der Waals surface area contributed by atoms with E-state index < -0.39 is 11.9 Å². The van der Waals surface area contributed by atoms with Crippen LogP contribution in [0.4, 0.5) is 18.9 Å². The fourth-order valence-electron chi connectivity index (χ4n) is 4.04. The number of aromatic nitrogens is 2. The van der Waals surface area contributed by atoms with E-state index in [0.29, 0.717) is 34.0 Å². The van der Waals surface area contributed by atoms with Crippen molar-refractivity contribution in [1.29, 1.82) is 0 Å². The number of fused-ring (bicyclic) bond motifs is 1. The second kappa shape index (κ2) is 9.43. The van der Waals surface area contributed by atoms with Crippen molar-refractivity contribution in [3.05, 3.63) is 58.9 Å². The van der Waals surface area contributed by atoms with Crippen molar-refractivity contribution in [2.75, 3.05) is 12.4 Å². The molecule has 1 fully saturated rings. The molecule has 2 aromatic heterocycles. The lowest BCUT2D eigenvalue weighted by molar-refractivity contribution is -0.140. The molecule has 0 saturated heterocycles. The van der Waals surface area contributed by atoms with Gasteiger partial charge in [0.25, 0.3) is 5.91 Å². The largest absolute Gasteiger partial charge is 0.481 e. The van der Waals surface area contributed by atoms with Gasteiger partial charge in [-0.3, -0.25) is 4.79 Å². The highest BCUT2D eigenvalue weighted by atomic mass is 35.5. The molecule has 0 unspecified atom stereocenters. The van der Waals surface area contributed by atoms with Gasteiger partial charge in [0.05, 0.1) is 18.2 Å². The Labute approximate surface area is 193 Å². The molecular weight excluding hydrogens is 457 g/mol. The smallest absolute Gasteiger partial charge is 0.433 e. The van der Waals surface area contributed by atoms with Crippen LogP contribution >= 0.6 is 11.6 Å². The number of alkyl halides is 3. The lowest BCUT2D eigenvalue weighted by atomic mass is 9.90. The topological polar surface area (TPSA) is 76.1 Å². The number of hydrogen-bond acceptors (Lipinski definition) is 5. The quantitative estimate of drug-likeness (QED) is 0.509. The van der Waals surface area contributed by atoms with Gasteiger partial charge >= 0.3 is 6.18 Å². The zero-order valence-electron chi connectivity index (χ0n) is 17.7. The fourth-order valence-corrected chi connectivity index (χ4v) is 4.21. The number of nitrogens with one attached hydrogen (secondary N) is 2. The minimum atomic E-state index is -4.57. The Morgan fingerprint density at radius 2 is 1.94 bits per heavy atom. The van der Waals surface area contributed by atoms with Gasteiger partial charge in [0, 0.05) is 40.4 Å². The Kier molecular flexibility index (Phi) is 6.60. The molecule has 0 aliphatic heterocycles. The molecule has 2 atom stereocenters. The summed E-state index contributed by atoms with van der Waals surface area (Å²) in [7, 11) is 1.49. The Balaban J connectivity index is 1.51. The molecule has 0 spiro atoms. The molecule has 4 rings (SSSR count). The molecule has 1 aromatic carbocycles. The van der Waals surface area contributed by atoms with Crippen LogP contribution in [0.2, 0.25) is 5.02 Å². The van der Waals surface area contributed by atoms with E-state index in [1.807, 2.05) is 0 Å². The first-order chi connectivity index (χ1) is 15.7. The first-order valence-electron chi connectivity index (χ1n) is 10.5. The average Bonchev–Trinajstić information content (AvgIpc) is 2.79. The van der Waals surface area contributed by atoms with Crippen molar-refractivity contribution in [2.45, 2.75) is 43.9 Å². The van der Waals surface area contributed by atoms with Crippen molar-refractivity contribution < 1.29 is 22.7 Å². The summed E-state index contributed by atoms with van der Waals surface area (Å²) in [5.74, 6) is 0.160. The van der Waals surface area contributed by atoms with Gasteiger partial charge in [-0.25, -0.2) is 9.97 Å². The van der Waals surface area contributed by atoms with Gasteiger partial charge in [0.15, 0.2) is 0 Å². The molecule has 1 saturated carbocycles. The number of halogens is 4. The molecule has 0 bridgehead atoms. The van der Waals surface area contributed by atoms with E-state index in [1.165, 1.54) is 25.4 Å². The van der Waals surface area contributed by atoms with E-state index in [1.54, 1.807) is 18.2 Å². The van der Waals surface area contributed by atoms with Gasteiger partial charge in [-0.2, -0.15) is 13.2 Å². The number of pyridine rings is 2. The first-order valence-corrected chi connectivity index (χ1v) is 10.9. The molecule has 1 amide bonds. The highest BCUT2D eigenvalue weighted by Crippen LogP contribution is 2.35. The molecule has 1 aliphatic carbocycles. The SMILES string of the molecule is COc1ccc(C(=O)N[C@@H]2CCC[C@H](Nc3cc(C(F)(F)F)nc4ccc(Cl)cc34)C2)cn1. The third-order valence-corrected chi connectivity index (χ3v) is 5.87. The molecule has 6 nitrogen and oxygen atoms in total. The minimum absolute atomic E-state index is 0.121. The van der Waals surface area contributed by atoms with Crippen LogP contribution in [0.25, 0.3) is 10.9 Å². The maximum atomic E-state index is 13.4. The molecular formula is C23H22ClF3N4O2. The number of ether oxygens (including phenoxy) is 1. The maximum absolute atomic E-state index is 13.4. The highest BCUT2D eigenvalue weighted by molar-refractivity contribution is 6.31. The molecule has 10 heteroatoms. The van der Waals surface area contributed by atoms with E-state index >= 15 is 0 Å².